The fourth-order valence-electron chi connectivity index (χ4n) is 6.10. The number of amidine groups is 2. The number of nitrogens with one attached hydrogen (secondary N) is 2. The number of hydrogen-bond donors (Lipinski definition) is 4. The third-order valence-electron chi connectivity index (χ3n) is 8.93. The number of aryl methyl sites for hydroxylation is 1. The van der Waals surface area contributed by atoms with Gasteiger partial charge in [0, 0.05) is 64.9 Å². The number of rotatable bonds is 9. The summed E-state index contributed by atoms with van der Waals surface area (Å²) < 4.78 is 0. The Kier molecular flexibility index (Phi) is 11.5. The number of carboxylic acid groups (broad SMARTS) is 1. The Morgan fingerprint density at radius 1 is 1.08 bits per heavy atom. The summed E-state index contributed by atoms with van der Waals surface area (Å²) in [5, 5.41) is 29.0. The molecule has 0 saturated carbocycles. The molecule has 3 heterocycles. The van der Waals surface area contributed by atoms with E-state index < -0.39 is 12.0 Å². The maximum Gasteiger partial charge on any atom is 0.337 e. The number of nitrogens with two attached hydrogens (primary N) is 1. The highest BCUT2D eigenvalue weighted by atomic mass is 35.5. The van der Waals surface area contributed by atoms with Crippen molar-refractivity contribution in [3.63, 3.8) is 0 Å². The molecule has 0 bridgehead atoms. The molecule has 49 heavy (non-hydrogen) atoms. The second-order valence-electron chi connectivity index (χ2n) is 12.3. The van der Waals surface area contributed by atoms with Gasteiger partial charge in [-0.15, -0.1) is 11.3 Å². The highest BCUT2D eigenvalue weighted by Gasteiger charge is 2.36. The Balaban J connectivity index is 1.32. The van der Waals surface area contributed by atoms with E-state index in [2.05, 4.69) is 16.7 Å². The first-order chi connectivity index (χ1) is 23.5. The first kappa shape index (κ1) is 35.8. The molecule has 1 atom stereocenters. The lowest BCUT2D eigenvalue weighted by Crippen LogP contribution is -2.50. The topological polar surface area (TPSA) is 150 Å². The molecule has 2 aliphatic rings. The van der Waals surface area contributed by atoms with Crippen molar-refractivity contribution in [1.82, 2.24) is 4.90 Å². The number of benzene rings is 2. The van der Waals surface area contributed by atoms with Crippen LogP contribution in [0.15, 0.2) is 47.5 Å². The Labute approximate surface area is 296 Å². The molecular weight excluding hydrogens is 658 g/mol. The van der Waals surface area contributed by atoms with Crippen LogP contribution in [0.1, 0.15) is 76.5 Å². The van der Waals surface area contributed by atoms with Crippen LogP contribution in [0.2, 0.25) is 5.02 Å². The lowest BCUT2D eigenvalue weighted by molar-refractivity contribution is -0.131. The average Bonchev–Trinajstić information content (AvgIpc) is 3.30. The van der Waals surface area contributed by atoms with E-state index in [1.807, 2.05) is 32.0 Å². The standard InChI is InChI=1S/C37H42ClN7O3S/c1-23-24(2)49-36-33(23)34(27-10-13-28(38)14-11-27)42-31(35(41)45(36)25(3)40)22-32(46)44-19-17-43(18-20-44)29-15-12-26(30(21-29)37(47)48)9-7-5-4-6-8-16-39/h10-15,21,31,40-41H,4-6,8,16-20,22,39H2,1-3H3,(H,47,48)/t31-/m0/s1. The van der Waals surface area contributed by atoms with Gasteiger partial charge in [0.25, 0.3) is 0 Å². The van der Waals surface area contributed by atoms with E-state index in [9.17, 15) is 20.1 Å². The predicted molar refractivity (Wildman–Crippen MR) is 199 cm³/mol. The number of unbranched alkanes of at least 4 members (excludes halogenated alkanes) is 3. The van der Waals surface area contributed by atoms with Crippen LogP contribution in [-0.4, -0.2) is 78.0 Å². The van der Waals surface area contributed by atoms with Gasteiger partial charge in [-0.3, -0.25) is 25.5 Å². The molecule has 1 saturated heterocycles. The van der Waals surface area contributed by atoms with Crippen molar-refractivity contribution in [2.75, 3.05) is 42.5 Å². The summed E-state index contributed by atoms with van der Waals surface area (Å²) in [4.78, 5) is 37.5. The second kappa shape index (κ2) is 15.8. The number of nitrogens with zero attached hydrogens (tertiary/aromatic N) is 4. The van der Waals surface area contributed by atoms with Gasteiger partial charge in [0.2, 0.25) is 5.91 Å². The van der Waals surface area contributed by atoms with Gasteiger partial charge >= 0.3 is 5.97 Å². The van der Waals surface area contributed by atoms with E-state index in [0.29, 0.717) is 55.4 Å². The number of aliphatic imine (C=N–C) groups is 1. The molecule has 1 amide bonds. The van der Waals surface area contributed by atoms with E-state index in [4.69, 9.17) is 27.7 Å². The fraction of sp³-hybridized carbons (Fsp3) is 0.378. The zero-order valence-corrected chi connectivity index (χ0v) is 29.7. The number of carboxylic acids is 1. The summed E-state index contributed by atoms with van der Waals surface area (Å²) in [5.41, 5.74) is 10.4. The summed E-state index contributed by atoms with van der Waals surface area (Å²) in [6.07, 6.45) is 3.56. The highest BCUT2D eigenvalue weighted by molar-refractivity contribution is 7.17. The zero-order chi connectivity index (χ0) is 35.2. The SMILES string of the molecule is CC(=N)N1C(=N)[C@H](CC(=O)N2CCN(c3ccc(C#CCCCCCN)c(C(=O)O)c3)CC2)N=C(c2ccc(Cl)cc2)c2c1sc(C)c2C. The lowest BCUT2D eigenvalue weighted by Gasteiger charge is -2.37. The Morgan fingerprint density at radius 3 is 2.45 bits per heavy atom. The minimum Gasteiger partial charge on any atom is -0.478 e. The van der Waals surface area contributed by atoms with E-state index in [1.165, 1.54) is 11.3 Å². The van der Waals surface area contributed by atoms with Crippen molar-refractivity contribution in [3.8, 4) is 11.8 Å². The van der Waals surface area contributed by atoms with E-state index in [-0.39, 0.29) is 29.6 Å². The number of amides is 1. The van der Waals surface area contributed by atoms with Crippen LogP contribution in [0, 0.1) is 36.5 Å². The first-order valence-corrected chi connectivity index (χ1v) is 17.7. The molecule has 12 heteroatoms. The molecule has 10 nitrogen and oxygen atoms in total. The lowest BCUT2D eigenvalue weighted by atomic mass is 9.99. The van der Waals surface area contributed by atoms with E-state index in [0.717, 1.165) is 51.5 Å². The maximum atomic E-state index is 13.8. The van der Waals surface area contributed by atoms with Crippen LogP contribution in [0.3, 0.4) is 0 Å². The number of anilines is 2. The third kappa shape index (κ3) is 8.05. The van der Waals surface area contributed by atoms with Crippen molar-refractivity contribution in [2.45, 2.75) is 58.9 Å². The van der Waals surface area contributed by atoms with Gasteiger partial charge in [0.15, 0.2) is 0 Å². The van der Waals surface area contributed by atoms with Gasteiger partial charge in [-0.25, -0.2) is 4.79 Å². The van der Waals surface area contributed by atoms with E-state index in [1.54, 1.807) is 41.0 Å². The summed E-state index contributed by atoms with van der Waals surface area (Å²) >= 11 is 7.73. The molecule has 2 aromatic carbocycles. The molecule has 5 rings (SSSR count). The number of aromatic carboxylic acids is 1. The molecule has 0 aliphatic carbocycles. The predicted octanol–water partition coefficient (Wildman–Crippen LogP) is 6.33. The number of fused-ring (bicyclic) bond motifs is 1. The van der Waals surface area contributed by atoms with Crippen LogP contribution in [0.5, 0.6) is 0 Å². The monoisotopic (exact) mass is 699 g/mol. The summed E-state index contributed by atoms with van der Waals surface area (Å²) in [7, 11) is 0. The fourth-order valence-corrected chi connectivity index (χ4v) is 7.45. The number of carbonyl (C=O) groups excluding carboxylic acids is 1. The number of carbonyl (C=O) groups is 2. The molecule has 256 valence electrons. The molecule has 0 spiro atoms. The third-order valence-corrected chi connectivity index (χ3v) is 10.4. The van der Waals surface area contributed by atoms with Gasteiger partial charge in [0.1, 0.15) is 22.7 Å². The number of halogens is 1. The number of hydrogen-bond acceptors (Lipinski definition) is 8. The molecule has 0 radical (unpaired) electrons. The number of thiophene rings is 1. The van der Waals surface area contributed by atoms with Gasteiger partial charge in [-0.05, 0) is 76.1 Å². The quantitative estimate of drug-likeness (QED) is 0.0888. The average molecular weight is 700 g/mol. The van der Waals surface area contributed by atoms with Crippen molar-refractivity contribution >= 4 is 62.9 Å². The molecular formula is C37H42ClN7O3S. The van der Waals surface area contributed by atoms with Crippen molar-refractivity contribution in [3.05, 3.63) is 80.2 Å². The first-order valence-electron chi connectivity index (χ1n) is 16.5. The maximum absolute atomic E-state index is 13.8. The van der Waals surface area contributed by atoms with Crippen LogP contribution in [-0.2, 0) is 4.79 Å². The molecule has 1 aromatic heterocycles. The summed E-state index contributed by atoms with van der Waals surface area (Å²) in [5.74, 6) is 5.23. The van der Waals surface area contributed by atoms with Gasteiger partial charge in [-0.2, -0.15) is 0 Å². The van der Waals surface area contributed by atoms with Crippen molar-refractivity contribution in [1.29, 1.82) is 10.8 Å². The minimum atomic E-state index is -1.03. The highest BCUT2D eigenvalue weighted by Crippen LogP contribution is 2.40. The van der Waals surface area contributed by atoms with Crippen LogP contribution in [0.4, 0.5) is 10.7 Å². The van der Waals surface area contributed by atoms with Crippen molar-refractivity contribution < 1.29 is 14.7 Å². The molecule has 5 N–H and O–H groups in total. The van der Waals surface area contributed by atoms with Gasteiger partial charge in [0.05, 0.1) is 17.7 Å². The Hall–Kier alpha value is -4.50. The van der Waals surface area contributed by atoms with Crippen LogP contribution < -0.4 is 15.5 Å². The Morgan fingerprint density at radius 2 is 1.80 bits per heavy atom. The zero-order valence-electron chi connectivity index (χ0n) is 28.1. The summed E-state index contributed by atoms with van der Waals surface area (Å²) in [6, 6.07) is 11.9. The molecule has 0 unspecified atom stereocenters. The normalized spacial score (nSPS) is 16.0. The van der Waals surface area contributed by atoms with Crippen LogP contribution in [0.25, 0.3) is 0 Å². The van der Waals surface area contributed by atoms with Crippen LogP contribution >= 0.6 is 22.9 Å². The smallest absolute Gasteiger partial charge is 0.337 e. The summed E-state index contributed by atoms with van der Waals surface area (Å²) in [6.45, 7) is 8.29. The van der Waals surface area contributed by atoms with Gasteiger partial charge < -0.3 is 20.6 Å². The van der Waals surface area contributed by atoms with Crippen molar-refractivity contribution in [2.24, 2.45) is 10.7 Å². The molecule has 2 aliphatic heterocycles. The van der Waals surface area contributed by atoms with E-state index >= 15 is 0 Å². The van der Waals surface area contributed by atoms with Gasteiger partial charge in [-0.1, -0.05) is 42.0 Å². The minimum absolute atomic E-state index is 0.0184. The second-order valence-corrected chi connectivity index (χ2v) is 13.9. The number of piperazine rings is 1. The largest absolute Gasteiger partial charge is 0.478 e. The molecule has 3 aromatic rings. The Bertz CT molecular complexity index is 1850. The molecule has 1 fully saturated rings.